The fraction of sp³-hybridized carbons (Fsp3) is 0.455. The molecule has 0 heterocycles. The van der Waals surface area contributed by atoms with Crippen molar-refractivity contribution in [2.24, 2.45) is 5.73 Å². The molecule has 1 unspecified atom stereocenters. The summed E-state index contributed by atoms with van der Waals surface area (Å²) in [6.07, 6.45) is 0.153. The predicted molar refractivity (Wildman–Crippen MR) is 55.8 cm³/mol. The van der Waals surface area contributed by atoms with E-state index in [0.717, 1.165) is 11.1 Å². The Labute approximate surface area is 84.5 Å². The molecule has 14 heavy (non-hydrogen) atoms. The van der Waals surface area contributed by atoms with Crippen LogP contribution in [0.4, 0.5) is 0 Å². The second-order valence-corrected chi connectivity index (χ2v) is 3.27. The van der Waals surface area contributed by atoms with Crippen molar-refractivity contribution < 1.29 is 9.84 Å². The van der Waals surface area contributed by atoms with Crippen LogP contribution in [0.5, 0.6) is 0 Å². The fourth-order valence-corrected chi connectivity index (χ4v) is 1.33. The normalized spacial score (nSPS) is 12.8. The van der Waals surface area contributed by atoms with Crippen molar-refractivity contribution in [2.75, 3.05) is 13.7 Å². The Hall–Kier alpha value is -0.900. The summed E-state index contributed by atoms with van der Waals surface area (Å²) in [5.41, 5.74) is 7.38. The van der Waals surface area contributed by atoms with Gasteiger partial charge >= 0.3 is 0 Å². The molecule has 0 aromatic heterocycles. The molecule has 0 aliphatic rings. The van der Waals surface area contributed by atoms with E-state index < -0.39 is 6.10 Å². The maximum Gasteiger partial charge on any atom is 0.0802 e. The number of rotatable bonds is 5. The first-order valence-electron chi connectivity index (χ1n) is 4.74. The summed E-state index contributed by atoms with van der Waals surface area (Å²) >= 11 is 0. The third-order valence-electron chi connectivity index (χ3n) is 2.12. The molecule has 0 saturated carbocycles. The van der Waals surface area contributed by atoms with Crippen molar-refractivity contribution in [3.05, 3.63) is 35.4 Å². The Morgan fingerprint density at radius 1 is 1.36 bits per heavy atom. The van der Waals surface area contributed by atoms with Crippen LogP contribution in [-0.2, 0) is 11.3 Å². The van der Waals surface area contributed by atoms with Gasteiger partial charge < -0.3 is 15.6 Å². The molecule has 78 valence electrons. The van der Waals surface area contributed by atoms with E-state index in [1.165, 1.54) is 0 Å². The number of aliphatic hydroxyl groups excluding tert-OH is 1. The molecule has 0 aliphatic carbocycles. The highest BCUT2D eigenvalue weighted by atomic mass is 16.5. The Balaban J connectivity index is 2.62. The zero-order valence-corrected chi connectivity index (χ0v) is 8.44. The summed E-state index contributed by atoms with van der Waals surface area (Å²) in [6.45, 7) is 1.11. The number of benzene rings is 1. The van der Waals surface area contributed by atoms with E-state index in [-0.39, 0.29) is 0 Å². The second kappa shape index (κ2) is 5.75. The van der Waals surface area contributed by atoms with Gasteiger partial charge in [0.15, 0.2) is 0 Å². The molecule has 1 atom stereocenters. The van der Waals surface area contributed by atoms with Crippen molar-refractivity contribution in [1.82, 2.24) is 0 Å². The monoisotopic (exact) mass is 195 g/mol. The average molecular weight is 195 g/mol. The van der Waals surface area contributed by atoms with Crippen LogP contribution in [0.2, 0.25) is 0 Å². The zero-order chi connectivity index (χ0) is 10.4. The summed E-state index contributed by atoms with van der Waals surface area (Å²) in [4.78, 5) is 0. The smallest absolute Gasteiger partial charge is 0.0802 e. The van der Waals surface area contributed by atoms with Crippen LogP contribution in [0, 0.1) is 0 Å². The summed E-state index contributed by atoms with van der Waals surface area (Å²) < 4.78 is 4.99. The average Bonchev–Trinajstić information content (AvgIpc) is 2.20. The second-order valence-electron chi connectivity index (χ2n) is 3.27. The van der Waals surface area contributed by atoms with Crippen molar-refractivity contribution >= 4 is 0 Å². The zero-order valence-electron chi connectivity index (χ0n) is 8.44. The minimum Gasteiger partial charge on any atom is -0.388 e. The molecule has 0 saturated heterocycles. The van der Waals surface area contributed by atoms with Gasteiger partial charge in [-0.15, -0.1) is 0 Å². The summed E-state index contributed by atoms with van der Waals surface area (Å²) in [7, 11) is 1.66. The lowest BCUT2D eigenvalue weighted by molar-refractivity contribution is 0.169. The van der Waals surface area contributed by atoms with E-state index in [1.807, 2.05) is 24.3 Å². The molecule has 3 heteroatoms. The minimum atomic E-state index is -0.448. The highest BCUT2D eigenvalue weighted by Gasteiger charge is 2.05. The molecule has 0 bridgehead atoms. The van der Waals surface area contributed by atoms with Gasteiger partial charge in [0, 0.05) is 7.11 Å². The highest BCUT2D eigenvalue weighted by molar-refractivity contribution is 5.23. The number of aliphatic hydroxyl groups is 1. The molecule has 1 aromatic rings. The lowest BCUT2D eigenvalue weighted by atomic mass is 10.1. The molecule has 0 aliphatic heterocycles. The number of nitrogens with two attached hydrogens (primary N) is 1. The van der Waals surface area contributed by atoms with Crippen LogP contribution >= 0.6 is 0 Å². The maximum atomic E-state index is 9.63. The SMILES string of the molecule is COCc1ccc(C(O)CCN)cc1. The van der Waals surface area contributed by atoms with Crippen molar-refractivity contribution in [1.29, 1.82) is 0 Å². The summed E-state index contributed by atoms with van der Waals surface area (Å²) in [5.74, 6) is 0. The van der Waals surface area contributed by atoms with Gasteiger partial charge in [0.25, 0.3) is 0 Å². The Morgan fingerprint density at radius 3 is 2.50 bits per heavy atom. The van der Waals surface area contributed by atoms with Crippen molar-refractivity contribution in [2.45, 2.75) is 19.1 Å². The van der Waals surface area contributed by atoms with E-state index in [1.54, 1.807) is 7.11 Å². The molecule has 1 aromatic carbocycles. The molecule has 3 nitrogen and oxygen atoms in total. The number of methoxy groups -OCH3 is 1. The highest BCUT2D eigenvalue weighted by Crippen LogP contribution is 2.16. The quantitative estimate of drug-likeness (QED) is 0.742. The van der Waals surface area contributed by atoms with Gasteiger partial charge in [0.2, 0.25) is 0 Å². The molecule has 0 amide bonds. The van der Waals surface area contributed by atoms with Crippen LogP contribution in [0.1, 0.15) is 23.7 Å². The fourth-order valence-electron chi connectivity index (χ4n) is 1.33. The van der Waals surface area contributed by atoms with E-state index in [2.05, 4.69) is 0 Å². The third kappa shape index (κ3) is 3.10. The topological polar surface area (TPSA) is 55.5 Å². The minimum absolute atomic E-state index is 0.448. The van der Waals surface area contributed by atoms with E-state index in [0.29, 0.717) is 19.6 Å². The van der Waals surface area contributed by atoms with Crippen LogP contribution in [0.15, 0.2) is 24.3 Å². The molecule has 0 radical (unpaired) electrons. The van der Waals surface area contributed by atoms with E-state index in [4.69, 9.17) is 10.5 Å². The number of hydrogen-bond donors (Lipinski definition) is 2. The van der Waals surface area contributed by atoms with Crippen molar-refractivity contribution in [3.63, 3.8) is 0 Å². The van der Waals surface area contributed by atoms with Crippen LogP contribution in [0.3, 0.4) is 0 Å². The van der Waals surface area contributed by atoms with Gasteiger partial charge in [0.1, 0.15) is 0 Å². The molecular formula is C11H17NO2. The maximum absolute atomic E-state index is 9.63. The molecule has 0 spiro atoms. The van der Waals surface area contributed by atoms with Gasteiger partial charge in [-0.1, -0.05) is 24.3 Å². The Bertz CT molecular complexity index is 258. The molecular weight excluding hydrogens is 178 g/mol. The molecule has 3 N–H and O–H groups in total. The van der Waals surface area contributed by atoms with E-state index in [9.17, 15) is 5.11 Å². The first-order valence-corrected chi connectivity index (χ1v) is 4.74. The predicted octanol–water partition coefficient (Wildman–Crippen LogP) is 1.22. The molecule has 1 rings (SSSR count). The largest absolute Gasteiger partial charge is 0.388 e. The first-order chi connectivity index (χ1) is 6.77. The Kier molecular flexibility index (Phi) is 4.59. The summed E-state index contributed by atoms with van der Waals surface area (Å²) in [6, 6.07) is 7.74. The number of ether oxygens (including phenoxy) is 1. The third-order valence-corrected chi connectivity index (χ3v) is 2.12. The lowest BCUT2D eigenvalue weighted by Gasteiger charge is -2.09. The van der Waals surface area contributed by atoms with Gasteiger partial charge in [-0.25, -0.2) is 0 Å². The number of hydrogen-bond acceptors (Lipinski definition) is 3. The van der Waals surface area contributed by atoms with Crippen LogP contribution in [-0.4, -0.2) is 18.8 Å². The van der Waals surface area contributed by atoms with Crippen LogP contribution in [0.25, 0.3) is 0 Å². The van der Waals surface area contributed by atoms with Gasteiger partial charge in [-0.05, 0) is 24.1 Å². The van der Waals surface area contributed by atoms with Crippen LogP contribution < -0.4 is 5.73 Å². The summed E-state index contributed by atoms with van der Waals surface area (Å²) in [5, 5.41) is 9.63. The van der Waals surface area contributed by atoms with Gasteiger partial charge in [-0.2, -0.15) is 0 Å². The standard InChI is InChI=1S/C11H17NO2/c1-14-8-9-2-4-10(5-3-9)11(13)6-7-12/h2-5,11,13H,6-8,12H2,1H3. The van der Waals surface area contributed by atoms with Crippen molar-refractivity contribution in [3.8, 4) is 0 Å². The molecule has 0 fully saturated rings. The van der Waals surface area contributed by atoms with Gasteiger partial charge in [-0.3, -0.25) is 0 Å². The van der Waals surface area contributed by atoms with E-state index >= 15 is 0 Å². The Morgan fingerprint density at radius 2 is 2.00 bits per heavy atom. The first kappa shape index (κ1) is 11.2. The lowest BCUT2D eigenvalue weighted by Crippen LogP contribution is -2.06. The van der Waals surface area contributed by atoms with Gasteiger partial charge in [0.05, 0.1) is 12.7 Å².